The number of nitrogens with one attached hydrogen (secondary N) is 1. The van der Waals surface area contributed by atoms with Gasteiger partial charge in [0.1, 0.15) is 11.8 Å². The maximum atomic E-state index is 15.2. The molecule has 0 radical (unpaired) electrons. The van der Waals surface area contributed by atoms with Gasteiger partial charge in [0.2, 0.25) is 5.91 Å². The van der Waals surface area contributed by atoms with Gasteiger partial charge in [-0.1, -0.05) is 0 Å². The van der Waals surface area contributed by atoms with Crippen molar-refractivity contribution in [2.45, 2.75) is 26.1 Å². The number of aromatic nitrogens is 3. The molecule has 1 fully saturated rings. The van der Waals surface area contributed by atoms with E-state index in [0.29, 0.717) is 16.7 Å². The van der Waals surface area contributed by atoms with Crippen LogP contribution in [0.3, 0.4) is 0 Å². The van der Waals surface area contributed by atoms with Gasteiger partial charge in [-0.25, -0.2) is 23.2 Å². The van der Waals surface area contributed by atoms with Crippen LogP contribution in [0.15, 0.2) is 29.2 Å². The summed E-state index contributed by atoms with van der Waals surface area (Å²) in [4.78, 5) is 43.0. The zero-order valence-corrected chi connectivity index (χ0v) is 18.8. The maximum Gasteiger partial charge on any atom is 0.414 e. The van der Waals surface area contributed by atoms with Crippen LogP contribution < -0.4 is 26.4 Å². The normalized spacial score (nSPS) is 17.9. The number of pyridine rings is 1. The molecule has 2 amide bonds. The van der Waals surface area contributed by atoms with Crippen LogP contribution in [-0.2, 0) is 22.6 Å². The second-order valence-corrected chi connectivity index (χ2v) is 8.49. The predicted octanol–water partition coefficient (Wildman–Crippen LogP) is 1.04. The number of carbonyl (C=O) groups excluding carboxylic acids is 2. The van der Waals surface area contributed by atoms with Gasteiger partial charge < -0.3 is 20.7 Å². The van der Waals surface area contributed by atoms with E-state index >= 15 is 8.78 Å². The van der Waals surface area contributed by atoms with E-state index in [4.69, 9.17) is 10.5 Å². The monoisotopic (exact) mass is 487 g/mol. The molecule has 1 atom stereocenters. The molecule has 35 heavy (non-hydrogen) atoms. The molecular formula is C22H23F2N7O4. The highest BCUT2D eigenvalue weighted by Crippen LogP contribution is 2.31. The third-order valence-corrected chi connectivity index (χ3v) is 6.13. The Hall–Kier alpha value is -4.16. The Morgan fingerprint density at radius 2 is 1.83 bits per heavy atom. The molecule has 0 saturated carbocycles. The number of nitrogen functional groups attached to an aromatic ring is 1. The number of benzene rings is 1. The van der Waals surface area contributed by atoms with E-state index in [1.807, 2.05) is 0 Å². The molecule has 184 valence electrons. The van der Waals surface area contributed by atoms with Crippen LogP contribution in [0.2, 0.25) is 0 Å². The van der Waals surface area contributed by atoms with Crippen molar-refractivity contribution >= 4 is 40.1 Å². The van der Waals surface area contributed by atoms with Gasteiger partial charge in [-0.2, -0.15) is 0 Å². The Morgan fingerprint density at radius 1 is 1.14 bits per heavy atom. The minimum Gasteiger partial charge on any atom is -0.442 e. The second-order valence-electron chi connectivity index (χ2n) is 8.49. The van der Waals surface area contributed by atoms with Crippen LogP contribution in [-0.4, -0.2) is 58.6 Å². The fourth-order valence-electron chi connectivity index (χ4n) is 4.52. The van der Waals surface area contributed by atoms with Crippen molar-refractivity contribution < 1.29 is 23.1 Å². The van der Waals surface area contributed by atoms with E-state index in [2.05, 4.69) is 10.3 Å². The average Bonchev–Trinajstić information content (AvgIpc) is 3.20. The summed E-state index contributed by atoms with van der Waals surface area (Å²) in [7, 11) is 0. The predicted molar refractivity (Wildman–Crippen MR) is 123 cm³/mol. The number of anilines is 3. The molecule has 2 aliphatic rings. The lowest BCUT2D eigenvalue weighted by molar-refractivity contribution is -0.119. The molecule has 0 unspecified atom stereocenters. The summed E-state index contributed by atoms with van der Waals surface area (Å²) in [5.41, 5.74) is 6.11. The van der Waals surface area contributed by atoms with Gasteiger partial charge in [0.25, 0.3) is 5.56 Å². The lowest BCUT2D eigenvalue weighted by atomic mass is 10.2. The fraction of sp³-hybridized carbons (Fsp3) is 0.364. The summed E-state index contributed by atoms with van der Waals surface area (Å²) < 4.78 is 38.7. The topological polar surface area (TPSA) is 128 Å². The van der Waals surface area contributed by atoms with Crippen LogP contribution in [0.5, 0.6) is 0 Å². The third kappa shape index (κ3) is 4.02. The first-order chi connectivity index (χ1) is 16.7. The molecule has 11 nitrogen and oxygen atoms in total. The van der Waals surface area contributed by atoms with E-state index in [0.717, 1.165) is 17.0 Å². The van der Waals surface area contributed by atoms with E-state index in [1.165, 1.54) is 22.7 Å². The summed E-state index contributed by atoms with van der Waals surface area (Å²) in [5, 5.41) is 2.95. The molecule has 5 rings (SSSR count). The van der Waals surface area contributed by atoms with Gasteiger partial charge in [0.15, 0.2) is 17.3 Å². The summed E-state index contributed by atoms with van der Waals surface area (Å²) in [6.45, 7) is 2.37. The first-order valence-electron chi connectivity index (χ1n) is 11.0. The van der Waals surface area contributed by atoms with Crippen molar-refractivity contribution in [1.29, 1.82) is 0 Å². The number of halogens is 2. The first-order valence-corrected chi connectivity index (χ1v) is 11.0. The number of cyclic esters (lactones) is 1. The van der Waals surface area contributed by atoms with Crippen molar-refractivity contribution in [2.75, 3.05) is 41.7 Å². The second kappa shape index (κ2) is 8.56. The summed E-state index contributed by atoms with van der Waals surface area (Å²) in [5.74, 6) is -1.96. The van der Waals surface area contributed by atoms with Crippen LogP contribution in [0.25, 0.3) is 11.0 Å². The van der Waals surface area contributed by atoms with Gasteiger partial charge in [-0.15, -0.1) is 0 Å². The van der Waals surface area contributed by atoms with Crippen molar-refractivity contribution in [3.05, 3.63) is 46.4 Å². The van der Waals surface area contributed by atoms with E-state index in [1.54, 1.807) is 10.7 Å². The highest BCUT2D eigenvalue weighted by molar-refractivity contribution is 5.90. The van der Waals surface area contributed by atoms with Gasteiger partial charge >= 0.3 is 6.09 Å². The molecule has 4 heterocycles. The first kappa shape index (κ1) is 22.6. The molecule has 3 aromatic rings. The van der Waals surface area contributed by atoms with Crippen molar-refractivity contribution in [3.8, 4) is 0 Å². The zero-order valence-electron chi connectivity index (χ0n) is 18.8. The number of nitrogens with zero attached hydrogens (tertiary/aromatic N) is 5. The minimum atomic E-state index is -0.840. The Morgan fingerprint density at radius 3 is 2.51 bits per heavy atom. The molecule has 1 saturated heterocycles. The van der Waals surface area contributed by atoms with E-state index in [9.17, 15) is 14.4 Å². The van der Waals surface area contributed by atoms with Crippen LogP contribution in [0, 0.1) is 11.6 Å². The highest BCUT2D eigenvalue weighted by atomic mass is 19.1. The SMILES string of the molecule is CC(=O)NC[C@H]1CN(c2cc(F)c(N3CCn4c(=O)c5cc(N)cnc5n4CC3)c(F)c2)C(=O)O1. The number of rotatable bonds is 4. The van der Waals surface area contributed by atoms with Crippen LogP contribution >= 0.6 is 0 Å². The number of ether oxygens (including phenoxy) is 1. The number of amides is 2. The minimum absolute atomic E-state index is 0.0177. The Kier molecular flexibility index (Phi) is 5.53. The summed E-state index contributed by atoms with van der Waals surface area (Å²) in [6, 6.07) is 3.73. The molecular weight excluding hydrogens is 464 g/mol. The van der Waals surface area contributed by atoms with Crippen LogP contribution in [0.4, 0.5) is 30.6 Å². The quantitative estimate of drug-likeness (QED) is 0.563. The van der Waals surface area contributed by atoms with Gasteiger partial charge in [-0.3, -0.25) is 19.2 Å². The molecule has 2 aliphatic heterocycles. The third-order valence-electron chi connectivity index (χ3n) is 6.13. The number of fused-ring (bicyclic) bond motifs is 3. The average molecular weight is 487 g/mol. The highest BCUT2D eigenvalue weighted by Gasteiger charge is 2.34. The summed E-state index contributed by atoms with van der Waals surface area (Å²) >= 11 is 0. The van der Waals surface area contributed by atoms with Gasteiger partial charge in [0, 0.05) is 32.1 Å². The fourth-order valence-corrected chi connectivity index (χ4v) is 4.52. The molecule has 1 aromatic carbocycles. The zero-order chi connectivity index (χ0) is 24.9. The van der Waals surface area contributed by atoms with Gasteiger partial charge in [-0.05, 0) is 6.07 Å². The summed E-state index contributed by atoms with van der Waals surface area (Å²) in [6.07, 6.45) is 0.0792. The maximum absolute atomic E-state index is 15.2. The van der Waals surface area contributed by atoms with Crippen molar-refractivity contribution in [3.63, 3.8) is 0 Å². The molecule has 2 aromatic heterocycles. The Bertz CT molecular complexity index is 1380. The van der Waals surface area contributed by atoms with Crippen molar-refractivity contribution in [1.82, 2.24) is 19.7 Å². The van der Waals surface area contributed by atoms with E-state index in [-0.39, 0.29) is 62.1 Å². The van der Waals surface area contributed by atoms with Gasteiger partial charge in [0.05, 0.1) is 49.1 Å². The van der Waals surface area contributed by atoms with Crippen LogP contribution in [0.1, 0.15) is 6.92 Å². The molecule has 0 bridgehead atoms. The molecule has 0 aliphatic carbocycles. The number of nitrogens with two attached hydrogens (primary N) is 1. The van der Waals surface area contributed by atoms with E-state index < -0.39 is 23.8 Å². The smallest absolute Gasteiger partial charge is 0.414 e. The Labute approximate surface area is 197 Å². The lowest BCUT2D eigenvalue weighted by Crippen LogP contribution is -2.33. The molecule has 13 heteroatoms. The Balaban J connectivity index is 1.37. The standard InChI is InChI=1S/C22H23F2N7O4/c1-12(32)26-10-15-11-29(22(34)35-15)14-7-17(23)19(18(24)8-14)28-2-4-30-20-16(6-13(25)9-27-20)21(33)31(30)5-3-28/h6-9,15H,2-5,10-11,25H2,1H3,(H,26,32)/t15-/m0/s1. The number of carbonyl (C=O) groups is 2. The molecule has 0 spiro atoms. The number of hydrogen-bond acceptors (Lipinski definition) is 7. The number of hydrogen-bond donors (Lipinski definition) is 2. The molecule has 3 N–H and O–H groups in total. The largest absolute Gasteiger partial charge is 0.442 e. The van der Waals surface area contributed by atoms with Crippen molar-refractivity contribution in [2.24, 2.45) is 0 Å². The lowest BCUT2D eigenvalue weighted by Gasteiger charge is -2.24.